The quantitative estimate of drug-likeness (QED) is 0.478. The van der Waals surface area contributed by atoms with Crippen LogP contribution in [0.4, 0.5) is 0 Å². The second kappa shape index (κ2) is 2.71. The molecular weight excluding hydrogens is 154 g/mol. The van der Waals surface area contributed by atoms with E-state index in [0.717, 1.165) is 32.6 Å². The number of likely N-dealkylation sites (N-methyl/N-ethyl adjacent to an activating group) is 1. The maximum absolute atomic E-state index is 11.5. The molecule has 1 atom stereocenters. The highest BCUT2D eigenvalue weighted by atomic mass is 16.2. The van der Waals surface area contributed by atoms with Crippen LogP contribution in [0.1, 0.15) is 6.42 Å². The van der Waals surface area contributed by atoms with Crippen LogP contribution in [0.5, 0.6) is 0 Å². The third kappa shape index (κ3) is 1.11. The lowest BCUT2D eigenvalue weighted by Crippen LogP contribution is -2.62. The number of carbonyl (C=O) groups is 1. The number of piperazine rings is 1. The van der Waals surface area contributed by atoms with Gasteiger partial charge in [0.2, 0.25) is 5.91 Å². The van der Waals surface area contributed by atoms with Crippen molar-refractivity contribution >= 4 is 5.91 Å². The first-order chi connectivity index (χ1) is 5.73. The van der Waals surface area contributed by atoms with Crippen molar-refractivity contribution in [1.82, 2.24) is 15.5 Å². The Morgan fingerprint density at radius 2 is 2.33 bits per heavy atom. The van der Waals surface area contributed by atoms with E-state index in [0.29, 0.717) is 0 Å². The number of hydrogen-bond acceptors (Lipinski definition) is 3. The van der Waals surface area contributed by atoms with Gasteiger partial charge in [-0.2, -0.15) is 0 Å². The van der Waals surface area contributed by atoms with Crippen molar-refractivity contribution in [2.75, 3.05) is 33.2 Å². The molecule has 1 spiro atoms. The summed E-state index contributed by atoms with van der Waals surface area (Å²) in [5.74, 6) is 0.175. The van der Waals surface area contributed by atoms with E-state index in [4.69, 9.17) is 0 Å². The molecule has 2 N–H and O–H groups in total. The third-order valence-electron chi connectivity index (χ3n) is 2.77. The van der Waals surface area contributed by atoms with Crippen LogP contribution in [0, 0.1) is 0 Å². The molecule has 4 heteroatoms. The van der Waals surface area contributed by atoms with Gasteiger partial charge in [0.15, 0.2) is 0 Å². The van der Waals surface area contributed by atoms with Gasteiger partial charge in [-0.15, -0.1) is 0 Å². The average Bonchev–Trinajstić information content (AvgIpc) is 2.33. The van der Waals surface area contributed by atoms with Gasteiger partial charge in [0, 0.05) is 26.2 Å². The fraction of sp³-hybridized carbons (Fsp3) is 0.875. The van der Waals surface area contributed by atoms with E-state index in [2.05, 4.69) is 22.6 Å². The molecule has 0 bridgehead atoms. The standard InChI is InChI=1S/C8H15N3O/c1-11-5-4-10-8(6-11)2-3-9-7(8)12/h10H,2-6H2,1H3,(H,9,12). The highest BCUT2D eigenvalue weighted by molar-refractivity contribution is 5.88. The Labute approximate surface area is 72.3 Å². The van der Waals surface area contributed by atoms with Gasteiger partial charge in [-0.1, -0.05) is 0 Å². The van der Waals surface area contributed by atoms with Crippen LogP contribution in [-0.2, 0) is 4.79 Å². The zero-order chi connectivity index (χ0) is 8.60. The summed E-state index contributed by atoms with van der Waals surface area (Å²) < 4.78 is 0. The van der Waals surface area contributed by atoms with E-state index in [1.54, 1.807) is 0 Å². The molecule has 4 nitrogen and oxygen atoms in total. The fourth-order valence-corrected chi connectivity index (χ4v) is 2.07. The highest BCUT2D eigenvalue weighted by Crippen LogP contribution is 2.19. The van der Waals surface area contributed by atoms with Crippen LogP contribution < -0.4 is 10.6 Å². The zero-order valence-corrected chi connectivity index (χ0v) is 7.39. The predicted molar refractivity (Wildman–Crippen MR) is 45.9 cm³/mol. The van der Waals surface area contributed by atoms with Gasteiger partial charge in [0.1, 0.15) is 5.54 Å². The molecule has 2 fully saturated rings. The average molecular weight is 169 g/mol. The Balaban J connectivity index is 2.13. The molecule has 2 saturated heterocycles. The Bertz CT molecular complexity index is 206. The summed E-state index contributed by atoms with van der Waals surface area (Å²) in [4.78, 5) is 13.7. The van der Waals surface area contributed by atoms with Gasteiger partial charge in [-0.25, -0.2) is 0 Å². The minimum atomic E-state index is -0.271. The molecule has 1 unspecified atom stereocenters. The molecule has 0 aromatic carbocycles. The number of amides is 1. The van der Waals surface area contributed by atoms with Crippen LogP contribution in [0.15, 0.2) is 0 Å². The van der Waals surface area contributed by atoms with Crippen molar-refractivity contribution in [2.45, 2.75) is 12.0 Å². The summed E-state index contributed by atoms with van der Waals surface area (Å²) in [5, 5.41) is 6.19. The topological polar surface area (TPSA) is 44.4 Å². The molecule has 2 heterocycles. The van der Waals surface area contributed by atoms with Crippen molar-refractivity contribution in [3.63, 3.8) is 0 Å². The van der Waals surface area contributed by atoms with E-state index in [-0.39, 0.29) is 11.4 Å². The van der Waals surface area contributed by atoms with Gasteiger partial charge >= 0.3 is 0 Å². The summed E-state index contributed by atoms with van der Waals surface area (Å²) in [6.45, 7) is 3.62. The number of rotatable bonds is 0. The van der Waals surface area contributed by atoms with Gasteiger partial charge in [-0.3, -0.25) is 4.79 Å². The summed E-state index contributed by atoms with van der Waals surface area (Å²) in [5.41, 5.74) is -0.271. The molecule has 2 aliphatic heterocycles. The monoisotopic (exact) mass is 169 g/mol. The SMILES string of the molecule is CN1CCNC2(CCNC2=O)C1. The molecular formula is C8H15N3O. The number of hydrogen-bond donors (Lipinski definition) is 2. The molecule has 0 aromatic rings. The predicted octanol–water partition coefficient (Wildman–Crippen LogP) is -1.22. The van der Waals surface area contributed by atoms with Gasteiger partial charge in [0.25, 0.3) is 0 Å². The maximum atomic E-state index is 11.5. The van der Waals surface area contributed by atoms with Gasteiger partial charge in [-0.05, 0) is 13.5 Å². The van der Waals surface area contributed by atoms with Gasteiger partial charge < -0.3 is 15.5 Å². The molecule has 0 aromatic heterocycles. The molecule has 2 aliphatic rings. The summed E-state index contributed by atoms with van der Waals surface area (Å²) >= 11 is 0. The molecule has 0 radical (unpaired) electrons. The first kappa shape index (κ1) is 8.01. The van der Waals surface area contributed by atoms with Crippen molar-refractivity contribution in [3.05, 3.63) is 0 Å². The lowest BCUT2D eigenvalue weighted by atomic mass is 9.95. The Hall–Kier alpha value is -0.610. The summed E-state index contributed by atoms with van der Waals surface area (Å²) in [7, 11) is 2.06. The lowest BCUT2D eigenvalue weighted by molar-refractivity contribution is -0.126. The minimum Gasteiger partial charge on any atom is -0.354 e. The molecule has 0 aliphatic carbocycles. The third-order valence-corrected chi connectivity index (χ3v) is 2.77. The normalized spacial score (nSPS) is 37.2. The van der Waals surface area contributed by atoms with Gasteiger partial charge in [0.05, 0.1) is 0 Å². The molecule has 68 valence electrons. The van der Waals surface area contributed by atoms with Crippen molar-refractivity contribution in [1.29, 1.82) is 0 Å². The van der Waals surface area contributed by atoms with E-state index in [1.165, 1.54) is 0 Å². The summed E-state index contributed by atoms with van der Waals surface area (Å²) in [6, 6.07) is 0. The first-order valence-electron chi connectivity index (χ1n) is 4.45. The maximum Gasteiger partial charge on any atom is 0.241 e. The van der Waals surface area contributed by atoms with Crippen molar-refractivity contribution in [2.24, 2.45) is 0 Å². The molecule has 1 amide bonds. The zero-order valence-electron chi connectivity index (χ0n) is 7.39. The second-order valence-electron chi connectivity index (χ2n) is 3.75. The minimum absolute atomic E-state index is 0.175. The van der Waals surface area contributed by atoms with Crippen molar-refractivity contribution in [3.8, 4) is 0 Å². The Morgan fingerprint density at radius 1 is 1.50 bits per heavy atom. The number of nitrogens with zero attached hydrogens (tertiary/aromatic N) is 1. The van der Waals surface area contributed by atoms with Crippen LogP contribution in [0.25, 0.3) is 0 Å². The van der Waals surface area contributed by atoms with E-state index < -0.39 is 0 Å². The first-order valence-corrected chi connectivity index (χ1v) is 4.45. The van der Waals surface area contributed by atoms with Crippen LogP contribution in [0.2, 0.25) is 0 Å². The lowest BCUT2D eigenvalue weighted by Gasteiger charge is -2.37. The van der Waals surface area contributed by atoms with Crippen LogP contribution in [-0.4, -0.2) is 49.6 Å². The smallest absolute Gasteiger partial charge is 0.241 e. The molecule has 0 saturated carbocycles. The largest absolute Gasteiger partial charge is 0.354 e. The van der Waals surface area contributed by atoms with Crippen LogP contribution in [0.3, 0.4) is 0 Å². The number of carbonyl (C=O) groups excluding carboxylic acids is 1. The molecule has 2 rings (SSSR count). The van der Waals surface area contributed by atoms with E-state index in [1.807, 2.05) is 0 Å². The Morgan fingerprint density at radius 3 is 2.92 bits per heavy atom. The Kier molecular flexibility index (Phi) is 1.81. The van der Waals surface area contributed by atoms with Crippen LogP contribution >= 0.6 is 0 Å². The summed E-state index contributed by atoms with van der Waals surface area (Å²) in [6.07, 6.45) is 0.927. The van der Waals surface area contributed by atoms with E-state index >= 15 is 0 Å². The van der Waals surface area contributed by atoms with E-state index in [9.17, 15) is 4.79 Å². The highest BCUT2D eigenvalue weighted by Gasteiger charge is 2.44. The van der Waals surface area contributed by atoms with Crippen molar-refractivity contribution < 1.29 is 4.79 Å². The molecule has 12 heavy (non-hydrogen) atoms. The fourth-order valence-electron chi connectivity index (χ4n) is 2.07. The second-order valence-corrected chi connectivity index (χ2v) is 3.75. The number of nitrogens with one attached hydrogen (secondary N) is 2.